The van der Waals surface area contributed by atoms with E-state index in [2.05, 4.69) is 21.2 Å². The minimum atomic E-state index is -0.924. The molecule has 2 N–H and O–H groups in total. The highest BCUT2D eigenvalue weighted by Gasteiger charge is 2.20. The molecule has 0 aliphatic heterocycles. The first-order valence-corrected chi connectivity index (χ1v) is 7.20. The van der Waals surface area contributed by atoms with Crippen LogP contribution in [0.1, 0.15) is 17.2 Å². The molecule has 0 bridgehead atoms. The Morgan fingerprint density at radius 3 is 2.43 bits per heavy atom. The van der Waals surface area contributed by atoms with Gasteiger partial charge in [0.2, 0.25) is 0 Å². The number of hydrogen-bond acceptors (Lipinski definition) is 3. The quantitative estimate of drug-likeness (QED) is 0.856. The van der Waals surface area contributed by atoms with Gasteiger partial charge in [0.25, 0.3) is 0 Å². The number of anilines is 1. The molecule has 4 nitrogen and oxygen atoms in total. The van der Waals surface area contributed by atoms with Crippen LogP contribution in [0.15, 0.2) is 46.9 Å². The summed E-state index contributed by atoms with van der Waals surface area (Å²) in [5, 5.41) is 12.5. The molecule has 0 aromatic heterocycles. The van der Waals surface area contributed by atoms with Gasteiger partial charge in [-0.05, 0) is 48.4 Å². The summed E-state index contributed by atoms with van der Waals surface area (Å²) in [5.74, 6) is -0.195. The molecule has 0 aliphatic rings. The van der Waals surface area contributed by atoms with Crippen LogP contribution in [0.25, 0.3) is 0 Å². The van der Waals surface area contributed by atoms with Gasteiger partial charge in [0, 0.05) is 10.2 Å². The fraction of sp³-hybridized carbons (Fsp3) is 0.188. The molecule has 1 atom stereocenters. The number of rotatable bonds is 5. The van der Waals surface area contributed by atoms with Crippen molar-refractivity contribution in [1.29, 1.82) is 0 Å². The lowest BCUT2D eigenvalue weighted by molar-refractivity contribution is -0.138. The van der Waals surface area contributed by atoms with Crippen molar-refractivity contribution in [3.63, 3.8) is 0 Å². The summed E-state index contributed by atoms with van der Waals surface area (Å²) in [6.07, 6.45) is 0. The Bertz CT molecular complexity index is 640. The van der Waals surface area contributed by atoms with Crippen molar-refractivity contribution in [2.45, 2.75) is 13.0 Å². The highest BCUT2D eigenvalue weighted by Crippen LogP contribution is 2.25. The molecule has 1 unspecified atom stereocenters. The van der Waals surface area contributed by atoms with E-state index < -0.39 is 12.0 Å². The number of carboxylic acid groups (broad SMARTS) is 1. The molecule has 2 aromatic rings. The maximum atomic E-state index is 11.5. The van der Waals surface area contributed by atoms with Crippen molar-refractivity contribution in [2.75, 3.05) is 12.4 Å². The Balaban J connectivity index is 2.26. The summed E-state index contributed by atoms with van der Waals surface area (Å²) in [6, 6.07) is 11.9. The first kappa shape index (κ1) is 15.4. The summed E-state index contributed by atoms with van der Waals surface area (Å²) in [6.45, 7) is 1.93. The van der Waals surface area contributed by atoms with E-state index in [1.54, 1.807) is 37.4 Å². The van der Waals surface area contributed by atoms with Gasteiger partial charge in [0.15, 0.2) is 6.04 Å². The first-order valence-electron chi connectivity index (χ1n) is 6.40. The maximum absolute atomic E-state index is 11.5. The molecule has 0 amide bonds. The van der Waals surface area contributed by atoms with Crippen molar-refractivity contribution in [1.82, 2.24) is 0 Å². The molecular weight excluding hydrogens is 334 g/mol. The fourth-order valence-corrected chi connectivity index (χ4v) is 2.24. The zero-order valence-corrected chi connectivity index (χ0v) is 13.3. The monoisotopic (exact) mass is 349 g/mol. The zero-order valence-electron chi connectivity index (χ0n) is 11.8. The minimum Gasteiger partial charge on any atom is -0.497 e. The molecule has 2 rings (SSSR count). The van der Waals surface area contributed by atoms with Crippen molar-refractivity contribution >= 4 is 27.6 Å². The number of halogens is 1. The largest absolute Gasteiger partial charge is 0.497 e. The van der Waals surface area contributed by atoms with Gasteiger partial charge in [-0.2, -0.15) is 0 Å². The van der Waals surface area contributed by atoms with E-state index in [0.717, 1.165) is 21.5 Å². The average Bonchev–Trinajstić information content (AvgIpc) is 2.48. The van der Waals surface area contributed by atoms with Crippen molar-refractivity contribution in [3.8, 4) is 5.75 Å². The molecule has 0 spiro atoms. The first-order chi connectivity index (χ1) is 10.0. The van der Waals surface area contributed by atoms with Gasteiger partial charge in [-0.15, -0.1) is 0 Å². The number of carboxylic acids is 1. The normalized spacial score (nSPS) is 11.8. The molecule has 0 radical (unpaired) electrons. The summed E-state index contributed by atoms with van der Waals surface area (Å²) >= 11 is 3.42. The van der Waals surface area contributed by atoms with E-state index in [-0.39, 0.29) is 0 Å². The number of methoxy groups -OCH3 is 1. The number of aryl methyl sites for hydroxylation is 1. The number of carbonyl (C=O) groups is 1. The molecule has 2 aromatic carbocycles. The lowest BCUT2D eigenvalue weighted by atomic mass is 10.0. The van der Waals surface area contributed by atoms with Crippen LogP contribution >= 0.6 is 15.9 Å². The Morgan fingerprint density at radius 1 is 1.24 bits per heavy atom. The summed E-state index contributed by atoms with van der Waals surface area (Å²) in [5.41, 5.74) is 2.43. The molecule has 0 saturated carbocycles. The van der Waals surface area contributed by atoms with Gasteiger partial charge in [-0.3, -0.25) is 0 Å². The molecule has 21 heavy (non-hydrogen) atoms. The fourth-order valence-electron chi connectivity index (χ4n) is 1.99. The highest BCUT2D eigenvalue weighted by molar-refractivity contribution is 9.10. The molecule has 5 heteroatoms. The molecule has 0 aliphatic carbocycles. The lowest BCUT2D eigenvalue weighted by Gasteiger charge is -2.17. The van der Waals surface area contributed by atoms with Crippen molar-refractivity contribution in [3.05, 3.63) is 58.1 Å². The molecule has 0 heterocycles. The van der Waals surface area contributed by atoms with Crippen LogP contribution < -0.4 is 10.1 Å². The predicted octanol–water partition coefficient (Wildman–Crippen LogP) is 4.00. The van der Waals surface area contributed by atoms with Gasteiger partial charge in [0.05, 0.1) is 7.11 Å². The van der Waals surface area contributed by atoms with Crippen molar-refractivity contribution in [2.24, 2.45) is 0 Å². The average molecular weight is 350 g/mol. The number of hydrogen-bond donors (Lipinski definition) is 2. The third-order valence-corrected chi connectivity index (χ3v) is 4.05. The van der Waals surface area contributed by atoms with Crippen molar-refractivity contribution < 1.29 is 14.6 Å². The van der Waals surface area contributed by atoms with E-state index in [9.17, 15) is 9.90 Å². The van der Waals surface area contributed by atoms with Crippen LogP contribution in [0.5, 0.6) is 5.75 Å². The van der Waals surface area contributed by atoms with Crippen LogP contribution in [-0.2, 0) is 4.79 Å². The summed E-state index contributed by atoms with van der Waals surface area (Å²) in [4.78, 5) is 11.5. The van der Waals surface area contributed by atoms with Crippen LogP contribution in [0, 0.1) is 6.92 Å². The van der Waals surface area contributed by atoms with E-state index in [1.165, 1.54) is 0 Å². The zero-order chi connectivity index (χ0) is 15.4. The van der Waals surface area contributed by atoms with Crippen LogP contribution in [-0.4, -0.2) is 18.2 Å². The van der Waals surface area contributed by atoms with Gasteiger partial charge in [0.1, 0.15) is 5.75 Å². The molecule has 0 saturated heterocycles. The molecule has 0 fully saturated rings. The summed E-state index contributed by atoms with van der Waals surface area (Å²) in [7, 11) is 1.59. The topological polar surface area (TPSA) is 58.6 Å². The number of ether oxygens (including phenoxy) is 1. The lowest BCUT2D eigenvalue weighted by Crippen LogP contribution is -2.20. The van der Waals surface area contributed by atoms with Crippen LogP contribution in [0.3, 0.4) is 0 Å². The van der Waals surface area contributed by atoms with Gasteiger partial charge < -0.3 is 15.2 Å². The highest BCUT2D eigenvalue weighted by atomic mass is 79.9. The van der Waals surface area contributed by atoms with Crippen LogP contribution in [0.2, 0.25) is 0 Å². The van der Waals surface area contributed by atoms with Crippen LogP contribution in [0.4, 0.5) is 5.69 Å². The van der Waals surface area contributed by atoms with E-state index in [4.69, 9.17) is 4.74 Å². The van der Waals surface area contributed by atoms with Gasteiger partial charge in [-0.1, -0.05) is 28.1 Å². The SMILES string of the molecule is COc1ccc(NC(C(=O)O)c2ccc(Br)c(C)c2)cc1. The van der Waals surface area contributed by atoms with Gasteiger partial charge >= 0.3 is 5.97 Å². The number of benzene rings is 2. The Morgan fingerprint density at radius 2 is 1.90 bits per heavy atom. The van der Waals surface area contributed by atoms with E-state index in [0.29, 0.717) is 5.56 Å². The standard InChI is InChI=1S/C16H16BrNO3/c1-10-9-11(3-8-14(10)17)15(16(19)20)18-12-4-6-13(21-2)7-5-12/h3-9,15,18H,1-2H3,(H,19,20). The second kappa shape index (κ2) is 6.63. The van der Waals surface area contributed by atoms with E-state index >= 15 is 0 Å². The predicted molar refractivity (Wildman–Crippen MR) is 85.9 cm³/mol. The third-order valence-electron chi connectivity index (χ3n) is 3.16. The minimum absolute atomic E-state index is 0.707. The Hall–Kier alpha value is -2.01. The van der Waals surface area contributed by atoms with E-state index in [1.807, 2.05) is 19.1 Å². The Labute approximate surface area is 131 Å². The second-order valence-corrected chi connectivity index (χ2v) is 5.51. The Kier molecular flexibility index (Phi) is 4.85. The van der Waals surface area contributed by atoms with Gasteiger partial charge in [-0.25, -0.2) is 4.79 Å². The number of aliphatic carboxylic acids is 1. The second-order valence-electron chi connectivity index (χ2n) is 4.65. The molecular formula is C16H16BrNO3. The smallest absolute Gasteiger partial charge is 0.330 e. The molecule has 110 valence electrons. The number of nitrogens with one attached hydrogen (secondary N) is 1. The third kappa shape index (κ3) is 3.76. The summed E-state index contributed by atoms with van der Waals surface area (Å²) < 4.78 is 6.04. The maximum Gasteiger partial charge on any atom is 0.330 e.